The standard InChI is InChI=1S/C17H19NO6/c1-11(2)24-15(20)10-23-14(19)8-5-9-18-16(21)12-6-3-4-7-13(12)17(18)22/h3-4,6-7,11H,5,8-10H2,1-2H3. The number of hydrogen-bond donors (Lipinski definition) is 0. The molecule has 0 atom stereocenters. The van der Waals surface area contributed by atoms with Gasteiger partial charge < -0.3 is 9.47 Å². The third kappa shape index (κ3) is 4.18. The van der Waals surface area contributed by atoms with E-state index < -0.39 is 18.5 Å². The summed E-state index contributed by atoms with van der Waals surface area (Å²) in [5, 5.41) is 0. The number of rotatable bonds is 7. The van der Waals surface area contributed by atoms with Crippen LogP contribution in [0, 0.1) is 0 Å². The predicted octanol–water partition coefficient (Wildman–Crippen LogP) is 1.56. The third-order valence-corrected chi connectivity index (χ3v) is 3.36. The molecule has 1 aromatic rings. The summed E-state index contributed by atoms with van der Waals surface area (Å²) in [6.45, 7) is 3.07. The van der Waals surface area contributed by atoms with Gasteiger partial charge in [-0.1, -0.05) is 12.1 Å². The maximum atomic E-state index is 12.1. The van der Waals surface area contributed by atoms with E-state index in [-0.39, 0.29) is 37.3 Å². The second kappa shape index (κ2) is 7.72. The van der Waals surface area contributed by atoms with Gasteiger partial charge >= 0.3 is 11.9 Å². The van der Waals surface area contributed by atoms with E-state index in [9.17, 15) is 19.2 Å². The van der Waals surface area contributed by atoms with Gasteiger partial charge in [-0.15, -0.1) is 0 Å². The number of ether oxygens (including phenoxy) is 2. The summed E-state index contributed by atoms with van der Waals surface area (Å²) < 4.78 is 9.62. The Morgan fingerprint density at radius 1 is 1.04 bits per heavy atom. The Bertz CT molecular complexity index is 632. The first kappa shape index (κ1) is 17.7. The molecule has 1 heterocycles. The van der Waals surface area contributed by atoms with Crippen LogP contribution in [0.1, 0.15) is 47.4 Å². The quantitative estimate of drug-likeness (QED) is 0.555. The minimum absolute atomic E-state index is 0.00235. The van der Waals surface area contributed by atoms with Crippen LogP contribution < -0.4 is 0 Å². The summed E-state index contributed by atoms with van der Waals surface area (Å²) in [4.78, 5) is 48.2. The topological polar surface area (TPSA) is 90.0 Å². The van der Waals surface area contributed by atoms with Gasteiger partial charge in [0.05, 0.1) is 17.2 Å². The molecule has 0 aliphatic carbocycles. The Morgan fingerprint density at radius 3 is 2.17 bits per heavy atom. The molecule has 7 nitrogen and oxygen atoms in total. The molecular formula is C17H19NO6. The molecule has 0 bridgehead atoms. The van der Waals surface area contributed by atoms with E-state index in [4.69, 9.17) is 9.47 Å². The smallest absolute Gasteiger partial charge is 0.344 e. The minimum atomic E-state index is -0.612. The maximum Gasteiger partial charge on any atom is 0.344 e. The number of carbonyl (C=O) groups is 4. The summed E-state index contributed by atoms with van der Waals surface area (Å²) in [6.07, 6.45) is -0.00339. The van der Waals surface area contributed by atoms with Crippen LogP contribution in [0.5, 0.6) is 0 Å². The summed E-state index contributed by atoms with van der Waals surface area (Å²) in [5.41, 5.74) is 0.753. The largest absolute Gasteiger partial charge is 0.460 e. The number of amides is 2. The normalized spacial score (nSPS) is 13.2. The van der Waals surface area contributed by atoms with Gasteiger partial charge in [0, 0.05) is 13.0 Å². The lowest BCUT2D eigenvalue weighted by Gasteiger charge is -2.13. The number of hydrogen-bond acceptors (Lipinski definition) is 6. The van der Waals surface area contributed by atoms with E-state index in [1.165, 1.54) is 0 Å². The average molecular weight is 333 g/mol. The molecule has 0 N–H and O–H groups in total. The summed E-state index contributed by atoms with van der Waals surface area (Å²) in [7, 11) is 0. The zero-order valence-corrected chi connectivity index (χ0v) is 13.6. The first-order chi connectivity index (χ1) is 11.4. The number of esters is 2. The highest BCUT2D eigenvalue weighted by molar-refractivity contribution is 6.21. The molecule has 0 saturated carbocycles. The summed E-state index contributed by atoms with van der Waals surface area (Å²) in [5.74, 6) is -1.90. The Balaban J connectivity index is 1.75. The number of fused-ring (bicyclic) bond motifs is 1. The van der Waals surface area contributed by atoms with Crippen LogP contribution in [0.3, 0.4) is 0 Å². The van der Waals surface area contributed by atoms with Crippen LogP contribution in [0.15, 0.2) is 24.3 Å². The first-order valence-corrected chi connectivity index (χ1v) is 7.70. The number of benzene rings is 1. The second-order valence-electron chi connectivity index (χ2n) is 5.61. The highest BCUT2D eigenvalue weighted by Crippen LogP contribution is 2.22. The van der Waals surface area contributed by atoms with Gasteiger partial charge in [0.15, 0.2) is 6.61 Å². The fourth-order valence-corrected chi connectivity index (χ4v) is 2.33. The van der Waals surface area contributed by atoms with E-state index in [1.807, 2.05) is 0 Å². The highest BCUT2D eigenvalue weighted by atomic mass is 16.6. The van der Waals surface area contributed by atoms with Crippen molar-refractivity contribution in [1.82, 2.24) is 4.90 Å². The molecule has 0 saturated heterocycles. The first-order valence-electron chi connectivity index (χ1n) is 7.70. The third-order valence-electron chi connectivity index (χ3n) is 3.36. The van der Waals surface area contributed by atoms with Crippen LogP contribution in [0.4, 0.5) is 0 Å². The fraction of sp³-hybridized carbons (Fsp3) is 0.412. The molecule has 1 aliphatic heterocycles. The molecule has 0 aromatic heterocycles. The monoisotopic (exact) mass is 333 g/mol. The summed E-state index contributed by atoms with van der Waals surface area (Å²) in [6, 6.07) is 6.59. The number of imide groups is 1. The summed E-state index contributed by atoms with van der Waals surface area (Å²) >= 11 is 0. The van der Waals surface area contributed by atoms with Crippen LogP contribution in [-0.2, 0) is 19.1 Å². The Kier molecular flexibility index (Phi) is 5.68. The van der Waals surface area contributed by atoms with Crippen molar-refractivity contribution < 1.29 is 28.7 Å². The predicted molar refractivity (Wildman–Crippen MR) is 83.2 cm³/mol. The van der Waals surface area contributed by atoms with Crippen LogP contribution in [0.25, 0.3) is 0 Å². The molecule has 1 aromatic carbocycles. The van der Waals surface area contributed by atoms with Crippen molar-refractivity contribution in [1.29, 1.82) is 0 Å². The zero-order chi connectivity index (χ0) is 17.7. The van der Waals surface area contributed by atoms with Gasteiger partial charge in [-0.05, 0) is 32.4 Å². The van der Waals surface area contributed by atoms with Crippen molar-refractivity contribution in [2.75, 3.05) is 13.2 Å². The molecule has 128 valence electrons. The molecule has 0 unspecified atom stereocenters. The van der Waals surface area contributed by atoms with Crippen molar-refractivity contribution >= 4 is 23.8 Å². The van der Waals surface area contributed by atoms with Gasteiger partial charge in [-0.25, -0.2) is 4.79 Å². The molecule has 7 heteroatoms. The van der Waals surface area contributed by atoms with Gasteiger partial charge in [0.1, 0.15) is 0 Å². The molecular weight excluding hydrogens is 314 g/mol. The molecule has 24 heavy (non-hydrogen) atoms. The van der Waals surface area contributed by atoms with Gasteiger partial charge in [0.2, 0.25) is 0 Å². The van der Waals surface area contributed by atoms with E-state index in [2.05, 4.69) is 0 Å². The van der Waals surface area contributed by atoms with Crippen molar-refractivity contribution in [2.24, 2.45) is 0 Å². The van der Waals surface area contributed by atoms with Gasteiger partial charge in [-0.3, -0.25) is 19.3 Å². The maximum absolute atomic E-state index is 12.1. The molecule has 1 aliphatic rings. The SMILES string of the molecule is CC(C)OC(=O)COC(=O)CCCN1C(=O)c2ccccc2C1=O. The molecule has 0 spiro atoms. The minimum Gasteiger partial charge on any atom is -0.460 e. The van der Waals surface area contributed by atoms with Crippen molar-refractivity contribution in [3.63, 3.8) is 0 Å². The lowest BCUT2D eigenvalue weighted by Crippen LogP contribution is -2.31. The number of carbonyl (C=O) groups excluding carboxylic acids is 4. The molecule has 2 rings (SSSR count). The number of nitrogens with zero attached hydrogens (tertiary/aromatic N) is 1. The lowest BCUT2D eigenvalue weighted by atomic mass is 10.1. The van der Waals surface area contributed by atoms with Crippen molar-refractivity contribution in [3.8, 4) is 0 Å². The van der Waals surface area contributed by atoms with Crippen molar-refractivity contribution in [2.45, 2.75) is 32.8 Å². The van der Waals surface area contributed by atoms with E-state index in [1.54, 1.807) is 38.1 Å². The van der Waals surface area contributed by atoms with Crippen LogP contribution in [-0.4, -0.2) is 47.9 Å². The van der Waals surface area contributed by atoms with Crippen LogP contribution >= 0.6 is 0 Å². The van der Waals surface area contributed by atoms with E-state index >= 15 is 0 Å². The Hall–Kier alpha value is -2.70. The Morgan fingerprint density at radius 2 is 1.62 bits per heavy atom. The fourth-order valence-electron chi connectivity index (χ4n) is 2.33. The van der Waals surface area contributed by atoms with Gasteiger partial charge in [0.25, 0.3) is 11.8 Å². The molecule has 0 radical (unpaired) electrons. The average Bonchev–Trinajstić information content (AvgIpc) is 2.78. The van der Waals surface area contributed by atoms with Crippen LogP contribution in [0.2, 0.25) is 0 Å². The molecule has 2 amide bonds. The zero-order valence-electron chi connectivity index (χ0n) is 13.6. The molecule has 0 fully saturated rings. The van der Waals surface area contributed by atoms with E-state index in [0.717, 1.165) is 4.90 Å². The van der Waals surface area contributed by atoms with Crippen molar-refractivity contribution in [3.05, 3.63) is 35.4 Å². The second-order valence-corrected chi connectivity index (χ2v) is 5.61. The highest BCUT2D eigenvalue weighted by Gasteiger charge is 2.34. The lowest BCUT2D eigenvalue weighted by molar-refractivity contribution is -0.161. The Labute approximate surface area is 139 Å². The van der Waals surface area contributed by atoms with E-state index in [0.29, 0.717) is 11.1 Å². The van der Waals surface area contributed by atoms with Gasteiger partial charge in [-0.2, -0.15) is 0 Å².